The van der Waals surface area contributed by atoms with Gasteiger partial charge < -0.3 is 10.1 Å². The van der Waals surface area contributed by atoms with Crippen molar-refractivity contribution in [1.82, 2.24) is 5.32 Å². The number of nitrogens with one attached hydrogen (secondary N) is 1. The number of benzene rings is 2. The number of hydrogen-bond donors (Lipinski definition) is 2. The van der Waals surface area contributed by atoms with E-state index in [1.54, 1.807) is 18.2 Å². The van der Waals surface area contributed by atoms with E-state index in [9.17, 15) is 12.8 Å². The fourth-order valence-electron chi connectivity index (χ4n) is 2.61. The monoisotopic (exact) mass is 367 g/mol. The Balaban J connectivity index is 0.000000186. The molecular weight excluding hydrogens is 345 g/mol. The third-order valence-corrected chi connectivity index (χ3v) is 4.73. The molecule has 1 aliphatic rings. The van der Waals surface area contributed by atoms with Crippen molar-refractivity contribution in [3.63, 3.8) is 0 Å². The smallest absolute Gasteiger partial charge is 0.294 e. The lowest BCUT2D eigenvalue weighted by molar-refractivity contribution is 0.0410. The Hall–Kier alpha value is -1.80. The summed E-state index contributed by atoms with van der Waals surface area (Å²) >= 11 is 0. The van der Waals surface area contributed by atoms with Gasteiger partial charge >= 0.3 is 0 Å². The zero-order chi connectivity index (χ0) is 18.4. The van der Waals surface area contributed by atoms with Crippen molar-refractivity contribution in [1.29, 1.82) is 0 Å². The van der Waals surface area contributed by atoms with Gasteiger partial charge in [-0.3, -0.25) is 4.55 Å². The highest BCUT2D eigenvalue weighted by molar-refractivity contribution is 7.85. The molecule has 7 heteroatoms. The van der Waals surface area contributed by atoms with Gasteiger partial charge in [-0.05, 0) is 44.2 Å². The van der Waals surface area contributed by atoms with Crippen molar-refractivity contribution >= 4 is 10.1 Å². The van der Waals surface area contributed by atoms with Crippen LogP contribution in [0.25, 0.3) is 0 Å². The summed E-state index contributed by atoms with van der Waals surface area (Å²) in [7, 11) is -2.17. The second-order valence-corrected chi connectivity index (χ2v) is 7.19. The van der Waals surface area contributed by atoms with Crippen LogP contribution in [-0.4, -0.2) is 33.2 Å². The fourth-order valence-corrected chi connectivity index (χ4v) is 3.09. The van der Waals surface area contributed by atoms with Gasteiger partial charge in [0.25, 0.3) is 10.1 Å². The minimum Gasteiger partial charge on any atom is -0.372 e. The van der Waals surface area contributed by atoms with E-state index in [4.69, 9.17) is 9.29 Å². The lowest BCUT2D eigenvalue weighted by Gasteiger charge is -2.26. The van der Waals surface area contributed by atoms with Crippen molar-refractivity contribution in [2.24, 2.45) is 0 Å². The molecule has 2 N–H and O–H groups in total. The zero-order valence-corrected chi connectivity index (χ0v) is 15.0. The minimum absolute atomic E-state index is 0.0666. The highest BCUT2D eigenvalue weighted by Gasteiger charge is 2.23. The predicted molar refractivity (Wildman–Crippen MR) is 93.7 cm³/mol. The Morgan fingerprint density at radius 1 is 1.24 bits per heavy atom. The molecule has 2 aromatic carbocycles. The Labute approximate surface area is 147 Å². The van der Waals surface area contributed by atoms with Gasteiger partial charge in [-0.2, -0.15) is 8.42 Å². The van der Waals surface area contributed by atoms with Crippen molar-refractivity contribution in [2.75, 3.05) is 20.2 Å². The lowest BCUT2D eigenvalue weighted by atomic mass is 9.97. The van der Waals surface area contributed by atoms with Crippen LogP contribution in [0.4, 0.5) is 4.39 Å². The predicted octanol–water partition coefficient (Wildman–Crippen LogP) is 2.90. The number of aryl methyl sites for hydroxylation is 1. The number of rotatable bonds is 3. The number of hydrogen-bond acceptors (Lipinski definition) is 4. The second kappa shape index (κ2) is 8.53. The standard InChI is InChI=1S/C11H14FNO.C7H8O3S/c1-13-7-10-11-8(5-6-14-10)3-2-4-9(11)12;1-6-2-4-7(5-3-6)11(8,9)10/h2-4,10,13H,5-7H2,1H3;2-5H,1H3,(H,8,9,10)/t10-;/m0./s1. The van der Waals surface area contributed by atoms with E-state index in [0.29, 0.717) is 13.2 Å². The summed E-state index contributed by atoms with van der Waals surface area (Å²) in [6, 6.07) is 11.2. The average Bonchev–Trinajstić information content (AvgIpc) is 2.56. The van der Waals surface area contributed by atoms with Crippen molar-refractivity contribution in [2.45, 2.75) is 24.3 Å². The van der Waals surface area contributed by atoms with E-state index >= 15 is 0 Å². The third kappa shape index (κ3) is 5.34. The molecule has 0 saturated heterocycles. The molecule has 1 atom stereocenters. The molecular formula is C18H22FNO4S. The van der Waals surface area contributed by atoms with Gasteiger partial charge in [0, 0.05) is 12.1 Å². The number of fused-ring (bicyclic) bond motifs is 1. The van der Waals surface area contributed by atoms with Gasteiger partial charge in [0.1, 0.15) is 5.82 Å². The Morgan fingerprint density at radius 2 is 1.92 bits per heavy atom. The molecule has 0 amide bonds. The van der Waals surface area contributed by atoms with Crippen molar-refractivity contribution < 1.29 is 22.1 Å². The SMILES string of the molecule is CNC[C@@H]1OCCc2cccc(F)c21.Cc1ccc(S(=O)(=O)O)cc1. The average molecular weight is 367 g/mol. The second-order valence-electron chi connectivity index (χ2n) is 5.77. The van der Waals surface area contributed by atoms with Gasteiger partial charge in [0.2, 0.25) is 0 Å². The summed E-state index contributed by atoms with van der Waals surface area (Å²) in [5, 5.41) is 3.01. The van der Waals surface area contributed by atoms with Crippen LogP contribution in [0.2, 0.25) is 0 Å². The first-order chi connectivity index (χ1) is 11.8. The van der Waals surface area contributed by atoms with E-state index in [1.807, 2.05) is 20.0 Å². The van der Waals surface area contributed by atoms with Gasteiger partial charge in [0.05, 0.1) is 17.6 Å². The van der Waals surface area contributed by atoms with E-state index < -0.39 is 10.1 Å². The van der Waals surface area contributed by atoms with Crippen LogP contribution in [0.5, 0.6) is 0 Å². The Kier molecular flexibility index (Phi) is 6.66. The van der Waals surface area contributed by atoms with Gasteiger partial charge in [-0.15, -0.1) is 0 Å². The molecule has 0 radical (unpaired) electrons. The summed E-state index contributed by atoms with van der Waals surface area (Å²) in [4.78, 5) is -0.0666. The molecule has 25 heavy (non-hydrogen) atoms. The highest BCUT2D eigenvalue weighted by Crippen LogP contribution is 2.28. The Morgan fingerprint density at radius 3 is 2.52 bits per heavy atom. The summed E-state index contributed by atoms with van der Waals surface area (Å²) in [5.41, 5.74) is 2.77. The maximum atomic E-state index is 13.5. The molecule has 1 heterocycles. The summed E-state index contributed by atoms with van der Waals surface area (Å²) in [6.07, 6.45) is 0.678. The molecule has 0 spiro atoms. The Bertz CT molecular complexity index is 806. The number of halogens is 1. The normalized spacial score (nSPS) is 16.6. The number of likely N-dealkylation sites (N-methyl/N-ethyl adjacent to an activating group) is 1. The van der Waals surface area contributed by atoms with E-state index in [0.717, 1.165) is 23.1 Å². The zero-order valence-electron chi connectivity index (χ0n) is 14.2. The quantitative estimate of drug-likeness (QED) is 0.816. The lowest BCUT2D eigenvalue weighted by Crippen LogP contribution is -2.26. The van der Waals surface area contributed by atoms with Crippen LogP contribution in [0.15, 0.2) is 47.4 Å². The number of ether oxygens (including phenoxy) is 1. The van der Waals surface area contributed by atoms with Crippen LogP contribution in [0, 0.1) is 12.7 Å². The molecule has 2 aromatic rings. The molecule has 5 nitrogen and oxygen atoms in total. The molecule has 0 fully saturated rings. The topological polar surface area (TPSA) is 75.6 Å². The first kappa shape index (κ1) is 19.5. The largest absolute Gasteiger partial charge is 0.372 e. The van der Waals surface area contributed by atoms with Gasteiger partial charge in [-0.25, -0.2) is 4.39 Å². The summed E-state index contributed by atoms with van der Waals surface area (Å²) in [6.45, 7) is 3.19. The fraction of sp³-hybridized carbons (Fsp3) is 0.333. The molecule has 0 aliphatic carbocycles. The molecule has 3 rings (SSSR count). The molecule has 1 aliphatic heterocycles. The minimum atomic E-state index is -4.02. The summed E-state index contributed by atoms with van der Waals surface area (Å²) < 4.78 is 48.6. The molecule has 0 unspecified atom stereocenters. The van der Waals surface area contributed by atoms with Crippen molar-refractivity contribution in [3.05, 3.63) is 65.0 Å². The van der Waals surface area contributed by atoms with E-state index in [2.05, 4.69) is 5.32 Å². The molecule has 0 aromatic heterocycles. The van der Waals surface area contributed by atoms with Crippen molar-refractivity contribution in [3.8, 4) is 0 Å². The van der Waals surface area contributed by atoms with E-state index in [-0.39, 0.29) is 16.8 Å². The molecule has 0 saturated carbocycles. The third-order valence-electron chi connectivity index (χ3n) is 3.86. The van der Waals surface area contributed by atoms with Gasteiger partial charge in [-0.1, -0.05) is 29.8 Å². The summed E-state index contributed by atoms with van der Waals surface area (Å²) in [5.74, 6) is -0.151. The first-order valence-electron chi connectivity index (χ1n) is 7.90. The van der Waals surface area contributed by atoms with Crippen LogP contribution < -0.4 is 5.32 Å². The van der Waals surface area contributed by atoms with Gasteiger partial charge in [0.15, 0.2) is 0 Å². The van der Waals surface area contributed by atoms with Crippen LogP contribution in [0.3, 0.4) is 0 Å². The maximum absolute atomic E-state index is 13.5. The molecule has 0 bridgehead atoms. The maximum Gasteiger partial charge on any atom is 0.294 e. The highest BCUT2D eigenvalue weighted by atomic mass is 32.2. The van der Waals surface area contributed by atoms with Crippen LogP contribution in [-0.2, 0) is 21.3 Å². The van der Waals surface area contributed by atoms with Crippen LogP contribution in [0.1, 0.15) is 22.8 Å². The van der Waals surface area contributed by atoms with E-state index in [1.165, 1.54) is 18.2 Å². The van der Waals surface area contributed by atoms with Crippen LogP contribution >= 0.6 is 0 Å². The first-order valence-corrected chi connectivity index (χ1v) is 9.34. The molecule has 136 valence electrons.